The number of rotatable bonds is 5. The minimum atomic E-state index is -0.609. The van der Waals surface area contributed by atoms with E-state index in [1.165, 1.54) is 14.2 Å². The van der Waals surface area contributed by atoms with E-state index in [0.29, 0.717) is 48.8 Å². The van der Waals surface area contributed by atoms with Gasteiger partial charge in [-0.1, -0.05) is 53.6 Å². The van der Waals surface area contributed by atoms with Crippen molar-refractivity contribution < 1.29 is 52.9 Å². The van der Waals surface area contributed by atoms with Crippen LogP contribution in [0, 0.1) is 13.8 Å². The second-order valence-corrected chi connectivity index (χ2v) is 16.7. The molecule has 0 fully saturated rings. The maximum absolute atomic E-state index is 12.7. The van der Waals surface area contributed by atoms with Gasteiger partial charge in [-0.2, -0.15) is 40.5 Å². The Morgan fingerprint density at radius 3 is 1.37 bits per heavy atom. The third-order valence-corrected chi connectivity index (χ3v) is 11.0. The first-order valence-electron chi connectivity index (χ1n) is 22.1. The molecule has 3 atom stereocenters. The molecule has 5 amide bonds. The normalized spacial score (nSPS) is 16.1. The SMILES string of the molecule is COC(=O)c1ccc2c(c1)O[C@@H](C)CN(C(=O)Nc1ccc(C)cc1)C2.COC(=O)c1ccc2c(c1)O[C@@H](C)CNC2.Cc1ccc(NC(=O)N2Cc3ccc(C(=O)NO)cc3O[C@@H](C)C2)cc1.S.S.S. The molecule has 20 heteroatoms. The van der Waals surface area contributed by atoms with Crippen LogP contribution in [0.1, 0.15) is 79.7 Å². The number of esters is 2. The van der Waals surface area contributed by atoms with E-state index in [4.69, 9.17) is 24.2 Å². The molecule has 0 aromatic heterocycles. The number of ether oxygens (including phenoxy) is 5. The maximum Gasteiger partial charge on any atom is 0.337 e. The van der Waals surface area contributed by atoms with Crippen LogP contribution in [-0.2, 0) is 29.1 Å². The van der Waals surface area contributed by atoms with E-state index in [1.54, 1.807) is 63.8 Å². The summed E-state index contributed by atoms with van der Waals surface area (Å²) in [6.07, 6.45) is -0.338. The van der Waals surface area contributed by atoms with Crippen molar-refractivity contribution in [2.24, 2.45) is 0 Å². The number of fused-ring (bicyclic) bond motifs is 3. The maximum atomic E-state index is 12.7. The molecule has 382 valence electrons. The van der Waals surface area contributed by atoms with Crippen LogP contribution < -0.4 is 35.6 Å². The molecule has 0 spiro atoms. The number of amides is 5. The number of nitrogens with zero attached hydrogens (tertiary/aromatic N) is 2. The van der Waals surface area contributed by atoms with Crippen molar-refractivity contribution in [3.8, 4) is 17.2 Å². The van der Waals surface area contributed by atoms with E-state index in [0.717, 1.165) is 58.0 Å². The summed E-state index contributed by atoms with van der Waals surface area (Å²) < 4.78 is 26.9. The monoisotopic (exact) mass is 1030 g/mol. The quantitative estimate of drug-likeness (QED) is 0.0642. The Labute approximate surface area is 435 Å². The fraction of sp³-hybridized carbons (Fsp3) is 0.314. The van der Waals surface area contributed by atoms with Crippen molar-refractivity contribution in [1.82, 2.24) is 20.6 Å². The van der Waals surface area contributed by atoms with Crippen LogP contribution in [-0.4, -0.2) is 97.1 Å². The highest BCUT2D eigenvalue weighted by Crippen LogP contribution is 2.29. The fourth-order valence-corrected chi connectivity index (χ4v) is 7.42. The first kappa shape index (κ1) is 58.7. The van der Waals surface area contributed by atoms with Crippen LogP contribution in [0.15, 0.2) is 103 Å². The number of carbonyl (C=O) groups excluding carboxylic acids is 5. The zero-order valence-electron chi connectivity index (χ0n) is 40.7. The van der Waals surface area contributed by atoms with Crippen LogP contribution in [0.4, 0.5) is 21.0 Å². The topological polar surface area (TPSA) is 206 Å². The molecular weight excluding hydrogens is 969 g/mol. The average Bonchev–Trinajstić information content (AvgIpc) is 3.72. The van der Waals surface area contributed by atoms with E-state index in [2.05, 4.69) is 20.7 Å². The highest BCUT2D eigenvalue weighted by Gasteiger charge is 2.27. The number of anilines is 2. The summed E-state index contributed by atoms with van der Waals surface area (Å²) in [6.45, 7) is 12.9. The Morgan fingerprint density at radius 1 is 0.563 bits per heavy atom. The molecule has 0 saturated heterocycles. The number of carbonyl (C=O) groups is 5. The van der Waals surface area contributed by atoms with Gasteiger partial charge in [-0.3, -0.25) is 10.0 Å². The number of hydroxylamine groups is 1. The predicted molar refractivity (Wildman–Crippen MR) is 286 cm³/mol. The summed E-state index contributed by atoms with van der Waals surface area (Å²) in [4.78, 5) is 63.3. The van der Waals surface area contributed by atoms with Crippen LogP contribution >= 0.6 is 40.5 Å². The van der Waals surface area contributed by atoms with Crippen LogP contribution in [0.5, 0.6) is 17.2 Å². The lowest BCUT2D eigenvalue weighted by Crippen LogP contribution is -2.38. The third kappa shape index (κ3) is 16.5. The fourth-order valence-electron chi connectivity index (χ4n) is 7.42. The highest BCUT2D eigenvalue weighted by atomic mass is 32.1. The van der Waals surface area contributed by atoms with E-state index in [9.17, 15) is 24.0 Å². The van der Waals surface area contributed by atoms with Gasteiger partial charge in [-0.25, -0.2) is 24.7 Å². The second-order valence-electron chi connectivity index (χ2n) is 16.7. The number of aryl methyl sites for hydroxylation is 2. The van der Waals surface area contributed by atoms with Crippen molar-refractivity contribution in [1.29, 1.82) is 0 Å². The molecule has 5 aromatic carbocycles. The molecule has 0 bridgehead atoms. The van der Waals surface area contributed by atoms with Gasteiger partial charge >= 0.3 is 24.0 Å². The number of methoxy groups -OCH3 is 2. The summed E-state index contributed by atoms with van der Waals surface area (Å²) in [5, 5.41) is 17.9. The lowest BCUT2D eigenvalue weighted by Gasteiger charge is -2.22. The minimum Gasteiger partial charge on any atom is -0.489 e. The standard InChI is InChI=1S/C20H22N2O4.C19H21N3O4.C12H15NO3.3H2S/c1-13-4-8-17(9-5-13)21-20(24)22-11-14(2)26-18-10-15(19(23)25-3)6-7-16(18)12-22;1-12-3-7-16(8-4-12)20-19(24)22-10-13(2)26-17-9-14(18(23)21-25)5-6-15(17)11-22;1-8-6-13-7-10-4-3-9(12(14)15-2)5-11(10)16-8;;;/h4-10,14H,11-12H2,1-3H3,(H,21,24);3-9,13,25H,10-11H2,1-2H3,(H,20,24)(H,21,23);3-5,8,13H,6-7H2,1-2H3;3*1H2/t14-;13-;8-;;;/m000.../s1. The highest BCUT2D eigenvalue weighted by molar-refractivity contribution is 7.59. The van der Waals surface area contributed by atoms with Crippen molar-refractivity contribution in [3.63, 3.8) is 0 Å². The summed E-state index contributed by atoms with van der Waals surface area (Å²) in [5.74, 6) is 0.538. The molecule has 3 aliphatic heterocycles. The predicted octanol–water partition coefficient (Wildman–Crippen LogP) is 8.21. The van der Waals surface area contributed by atoms with Crippen LogP contribution in [0.3, 0.4) is 0 Å². The van der Waals surface area contributed by atoms with Gasteiger partial charge < -0.3 is 49.4 Å². The molecule has 3 aliphatic rings. The Balaban J connectivity index is 0.000000284. The van der Waals surface area contributed by atoms with Gasteiger partial charge in [-0.05, 0) is 95.3 Å². The molecule has 17 nitrogen and oxygen atoms in total. The van der Waals surface area contributed by atoms with Gasteiger partial charge in [0.15, 0.2) is 0 Å². The summed E-state index contributed by atoms with van der Waals surface area (Å²) in [7, 11) is 2.72. The van der Waals surface area contributed by atoms with Gasteiger partial charge in [0.25, 0.3) is 5.91 Å². The van der Waals surface area contributed by atoms with Gasteiger partial charge in [0.1, 0.15) is 35.6 Å². The molecule has 3 heterocycles. The van der Waals surface area contributed by atoms with Crippen LogP contribution in [0.25, 0.3) is 0 Å². The number of nitrogens with one attached hydrogen (secondary N) is 4. The molecule has 71 heavy (non-hydrogen) atoms. The van der Waals surface area contributed by atoms with Gasteiger partial charge in [0, 0.05) is 46.7 Å². The van der Waals surface area contributed by atoms with Crippen molar-refractivity contribution in [3.05, 3.63) is 148 Å². The van der Waals surface area contributed by atoms with Crippen LogP contribution in [0.2, 0.25) is 0 Å². The third-order valence-electron chi connectivity index (χ3n) is 11.0. The lowest BCUT2D eigenvalue weighted by atomic mass is 10.1. The first-order chi connectivity index (χ1) is 32.6. The Kier molecular flexibility index (Phi) is 22.9. The molecule has 5 N–H and O–H groups in total. The second kappa shape index (κ2) is 27.7. The summed E-state index contributed by atoms with van der Waals surface area (Å²) >= 11 is 0. The molecule has 0 unspecified atom stereocenters. The zero-order valence-corrected chi connectivity index (χ0v) is 43.7. The van der Waals surface area contributed by atoms with E-state index in [1.807, 2.05) is 89.2 Å². The molecule has 0 saturated carbocycles. The summed E-state index contributed by atoms with van der Waals surface area (Å²) in [5.41, 5.74) is 9.29. The van der Waals surface area contributed by atoms with E-state index >= 15 is 0 Å². The van der Waals surface area contributed by atoms with E-state index < -0.39 is 11.9 Å². The molecule has 5 aromatic rings. The number of benzene rings is 5. The number of hydrogen-bond acceptors (Lipinski definition) is 12. The van der Waals surface area contributed by atoms with Crippen molar-refractivity contribution in [2.45, 2.75) is 72.6 Å². The lowest BCUT2D eigenvalue weighted by molar-refractivity contribution is 0.0591. The number of urea groups is 2. The van der Waals surface area contributed by atoms with E-state index in [-0.39, 0.29) is 82.4 Å². The molecule has 0 radical (unpaired) electrons. The Hall–Kier alpha value is -6.58. The number of hydrogen-bond donors (Lipinski definition) is 5. The summed E-state index contributed by atoms with van der Waals surface area (Å²) in [6, 6.07) is 30.3. The largest absolute Gasteiger partial charge is 0.489 e. The zero-order chi connectivity index (χ0) is 48.9. The first-order valence-corrected chi connectivity index (χ1v) is 22.1. The smallest absolute Gasteiger partial charge is 0.337 e. The molecule has 8 rings (SSSR count). The van der Waals surface area contributed by atoms with Crippen molar-refractivity contribution in [2.75, 3.05) is 44.5 Å². The van der Waals surface area contributed by atoms with Gasteiger partial charge in [0.05, 0.1) is 51.5 Å². The Bertz CT molecular complexity index is 2470. The molecular formula is C51H64N6O11S3. The van der Waals surface area contributed by atoms with Gasteiger partial charge in [0.2, 0.25) is 0 Å². The Morgan fingerprint density at radius 2 is 0.944 bits per heavy atom. The average molecular weight is 1030 g/mol. The van der Waals surface area contributed by atoms with Gasteiger partial charge in [-0.15, -0.1) is 0 Å². The minimum absolute atomic E-state index is 0. The molecule has 0 aliphatic carbocycles. The van der Waals surface area contributed by atoms with Crippen molar-refractivity contribution >= 4 is 81.8 Å².